The van der Waals surface area contributed by atoms with Crippen LogP contribution in [0.5, 0.6) is 0 Å². The van der Waals surface area contributed by atoms with Crippen LogP contribution in [0.3, 0.4) is 0 Å². The Morgan fingerprint density at radius 2 is 1.73 bits per heavy atom. The molecule has 2 aromatic carbocycles. The van der Waals surface area contributed by atoms with Crippen LogP contribution in [-0.2, 0) is 10.9 Å². The molecule has 154 valence electrons. The van der Waals surface area contributed by atoms with Crippen molar-refractivity contribution in [1.82, 2.24) is 14.5 Å². The van der Waals surface area contributed by atoms with Gasteiger partial charge in [-0.1, -0.05) is 30.3 Å². The van der Waals surface area contributed by atoms with Crippen LogP contribution in [0.4, 0.5) is 19.0 Å². The molecule has 0 unspecified atom stereocenters. The number of halogens is 3. The van der Waals surface area contributed by atoms with Gasteiger partial charge in [-0.15, -0.1) is 0 Å². The summed E-state index contributed by atoms with van der Waals surface area (Å²) in [5.41, 5.74) is 2.33. The highest BCUT2D eigenvalue weighted by Gasteiger charge is 2.30. The fraction of sp³-hybridized carbons (Fsp3) is 0.182. The molecule has 4 rings (SSSR count). The van der Waals surface area contributed by atoms with Crippen LogP contribution in [0.2, 0.25) is 0 Å². The predicted octanol–water partition coefficient (Wildman–Crippen LogP) is 5.16. The van der Waals surface area contributed by atoms with Gasteiger partial charge in [-0.3, -0.25) is 0 Å². The van der Waals surface area contributed by atoms with Crippen LogP contribution in [0.25, 0.3) is 27.8 Å². The average Bonchev–Trinajstić information content (AvgIpc) is 3.15. The third kappa shape index (κ3) is 3.86. The molecule has 2 aromatic heterocycles. The molecule has 2 heterocycles. The topological polar surface area (TPSA) is 52.0 Å². The normalized spacial score (nSPS) is 11.7. The summed E-state index contributed by atoms with van der Waals surface area (Å²) in [7, 11) is 1.62. The summed E-state index contributed by atoms with van der Waals surface area (Å²) in [6.07, 6.45) is -1.07. The van der Waals surface area contributed by atoms with Gasteiger partial charge >= 0.3 is 6.18 Å². The standard InChI is InChI=1S/C22H19F3N4O/c1-30-12-11-26-20-19-18(15-5-3-2-4-6-15)13-29(21(19)28-14-27-20)17-9-7-16(8-10-17)22(23,24)25/h2-10,13-14H,11-12H2,1H3,(H,26,27,28). The van der Waals surface area contributed by atoms with Crippen molar-refractivity contribution in [2.45, 2.75) is 6.18 Å². The molecule has 0 atom stereocenters. The Hall–Kier alpha value is -3.39. The molecular weight excluding hydrogens is 393 g/mol. The van der Waals surface area contributed by atoms with E-state index in [1.807, 2.05) is 36.5 Å². The molecule has 0 spiro atoms. The molecule has 0 saturated heterocycles. The van der Waals surface area contributed by atoms with Crippen LogP contribution in [0.1, 0.15) is 5.56 Å². The number of benzene rings is 2. The molecule has 0 radical (unpaired) electrons. The van der Waals surface area contributed by atoms with Crippen molar-refractivity contribution in [1.29, 1.82) is 0 Å². The Kier molecular flexibility index (Phi) is 5.41. The van der Waals surface area contributed by atoms with Crippen molar-refractivity contribution in [3.05, 3.63) is 72.7 Å². The summed E-state index contributed by atoms with van der Waals surface area (Å²) < 4.78 is 45.7. The van der Waals surface area contributed by atoms with E-state index in [9.17, 15) is 13.2 Å². The number of alkyl halides is 3. The number of ether oxygens (including phenoxy) is 1. The van der Waals surface area contributed by atoms with Gasteiger partial charge in [-0.05, 0) is 29.8 Å². The minimum absolute atomic E-state index is 0.506. The highest BCUT2D eigenvalue weighted by molar-refractivity contribution is 6.02. The maximum atomic E-state index is 13.0. The quantitative estimate of drug-likeness (QED) is 0.444. The zero-order chi connectivity index (χ0) is 21.1. The second kappa shape index (κ2) is 8.16. The summed E-state index contributed by atoms with van der Waals surface area (Å²) in [4.78, 5) is 8.80. The number of nitrogens with one attached hydrogen (secondary N) is 1. The first kappa shape index (κ1) is 19.9. The van der Waals surface area contributed by atoms with Gasteiger partial charge in [0.1, 0.15) is 12.1 Å². The first-order chi connectivity index (χ1) is 14.5. The van der Waals surface area contributed by atoms with Gasteiger partial charge in [-0.25, -0.2) is 9.97 Å². The Labute approximate surface area is 171 Å². The van der Waals surface area contributed by atoms with Gasteiger partial charge in [-0.2, -0.15) is 13.2 Å². The molecule has 0 aliphatic carbocycles. The third-order valence-corrected chi connectivity index (χ3v) is 4.74. The van der Waals surface area contributed by atoms with Gasteiger partial charge < -0.3 is 14.6 Å². The van der Waals surface area contributed by atoms with Gasteiger partial charge in [0.25, 0.3) is 0 Å². The predicted molar refractivity (Wildman–Crippen MR) is 110 cm³/mol. The molecule has 0 amide bonds. The lowest BCUT2D eigenvalue weighted by molar-refractivity contribution is -0.137. The number of nitrogens with zero attached hydrogens (tertiary/aromatic N) is 3. The van der Waals surface area contributed by atoms with E-state index >= 15 is 0 Å². The van der Waals surface area contributed by atoms with Gasteiger partial charge in [0.05, 0.1) is 17.6 Å². The van der Waals surface area contributed by atoms with Crippen LogP contribution in [-0.4, -0.2) is 34.8 Å². The molecule has 0 fully saturated rings. The highest BCUT2D eigenvalue weighted by atomic mass is 19.4. The van der Waals surface area contributed by atoms with E-state index in [1.165, 1.54) is 18.5 Å². The van der Waals surface area contributed by atoms with E-state index in [2.05, 4.69) is 15.3 Å². The molecule has 0 aliphatic rings. The fourth-order valence-electron chi connectivity index (χ4n) is 3.31. The van der Waals surface area contributed by atoms with Crippen LogP contribution >= 0.6 is 0 Å². The molecule has 8 heteroatoms. The SMILES string of the molecule is COCCNc1ncnc2c1c(-c1ccccc1)cn2-c1ccc(C(F)(F)F)cc1. The van der Waals surface area contributed by atoms with Crippen LogP contribution < -0.4 is 5.32 Å². The van der Waals surface area contributed by atoms with Gasteiger partial charge in [0.15, 0.2) is 5.65 Å². The minimum Gasteiger partial charge on any atom is -0.383 e. The number of aromatic nitrogens is 3. The second-order valence-electron chi connectivity index (χ2n) is 6.66. The van der Waals surface area contributed by atoms with Crippen LogP contribution in [0, 0.1) is 0 Å². The van der Waals surface area contributed by atoms with Crippen molar-refractivity contribution in [2.75, 3.05) is 25.6 Å². The molecule has 5 nitrogen and oxygen atoms in total. The molecule has 30 heavy (non-hydrogen) atoms. The zero-order valence-corrected chi connectivity index (χ0v) is 16.1. The lowest BCUT2D eigenvalue weighted by Gasteiger charge is -2.10. The number of hydrogen-bond donors (Lipinski definition) is 1. The zero-order valence-electron chi connectivity index (χ0n) is 16.1. The van der Waals surface area contributed by atoms with Gasteiger partial charge in [0.2, 0.25) is 0 Å². The monoisotopic (exact) mass is 412 g/mol. The Morgan fingerprint density at radius 3 is 2.40 bits per heavy atom. The van der Waals surface area contributed by atoms with Crippen molar-refractivity contribution < 1.29 is 17.9 Å². The number of anilines is 1. The average molecular weight is 412 g/mol. The van der Waals surface area contributed by atoms with Crippen molar-refractivity contribution in [3.8, 4) is 16.8 Å². The van der Waals surface area contributed by atoms with Gasteiger partial charge in [0, 0.05) is 31.1 Å². The highest BCUT2D eigenvalue weighted by Crippen LogP contribution is 2.36. The van der Waals surface area contributed by atoms with Crippen LogP contribution in [0.15, 0.2) is 67.1 Å². The van der Waals surface area contributed by atoms with Crippen molar-refractivity contribution in [3.63, 3.8) is 0 Å². The summed E-state index contributed by atoms with van der Waals surface area (Å²) in [6.45, 7) is 1.06. The molecule has 0 aliphatic heterocycles. The molecular formula is C22H19F3N4O. The maximum absolute atomic E-state index is 13.0. The molecule has 4 aromatic rings. The Bertz CT molecular complexity index is 1140. The van der Waals surface area contributed by atoms with E-state index in [-0.39, 0.29) is 0 Å². The third-order valence-electron chi connectivity index (χ3n) is 4.74. The summed E-state index contributed by atoms with van der Waals surface area (Å²) in [5, 5.41) is 4.05. The van der Waals surface area contributed by atoms with Crippen molar-refractivity contribution in [2.24, 2.45) is 0 Å². The molecule has 1 N–H and O–H groups in total. The molecule has 0 saturated carbocycles. The first-order valence-corrected chi connectivity index (χ1v) is 9.31. The first-order valence-electron chi connectivity index (χ1n) is 9.31. The summed E-state index contributed by atoms with van der Waals surface area (Å²) in [6, 6.07) is 14.7. The molecule has 0 bridgehead atoms. The maximum Gasteiger partial charge on any atom is 0.416 e. The fourth-order valence-corrected chi connectivity index (χ4v) is 3.31. The number of rotatable bonds is 6. The number of hydrogen-bond acceptors (Lipinski definition) is 4. The Balaban J connectivity index is 1.88. The smallest absolute Gasteiger partial charge is 0.383 e. The minimum atomic E-state index is -4.38. The van der Waals surface area contributed by atoms with E-state index < -0.39 is 11.7 Å². The Morgan fingerprint density at radius 1 is 1.00 bits per heavy atom. The largest absolute Gasteiger partial charge is 0.416 e. The van der Waals surface area contributed by atoms with E-state index in [0.717, 1.165) is 28.6 Å². The summed E-state index contributed by atoms with van der Waals surface area (Å²) in [5.74, 6) is 0.640. The number of fused-ring (bicyclic) bond motifs is 1. The van der Waals surface area contributed by atoms with E-state index in [0.29, 0.717) is 30.3 Å². The number of methoxy groups -OCH3 is 1. The lowest BCUT2D eigenvalue weighted by atomic mass is 10.1. The van der Waals surface area contributed by atoms with Crippen molar-refractivity contribution >= 4 is 16.9 Å². The van der Waals surface area contributed by atoms with E-state index in [1.54, 1.807) is 11.7 Å². The summed E-state index contributed by atoms with van der Waals surface area (Å²) >= 11 is 0. The second-order valence-corrected chi connectivity index (χ2v) is 6.66. The van der Waals surface area contributed by atoms with E-state index in [4.69, 9.17) is 4.74 Å². The lowest BCUT2D eigenvalue weighted by Crippen LogP contribution is -2.09.